The van der Waals surface area contributed by atoms with Crippen LogP contribution in [-0.2, 0) is 10.8 Å². The topological polar surface area (TPSA) is 51.6 Å². The maximum Gasteiger partial charge on any atom is 0.160 e. The molecule has 9 rings (SSSR count). The molecule has 7 aromatic rings. The van der Waals surface area contributed by atoms with E-state index >= 15 is 0 Å². The van der Waals surface area contributed by atoms with Gasteiger partial charge in [-0.2, -0.15) is 0 Å². The first-order valence-electron chi connectivity index (χ1n) is 17.8. The third kappa shape index (κ3) is 5.34. The monoisotopic (exact) mass is 714 g/mol. The van der Waals surface area contributed by atoms with Crippen LogP contribution in [0.1, 0.15) is 57.1 Å². The van der Waals surface area contributed by atoms with Crippen molar-refractivity contribution in [3.8, 4) is 33.9 Å². The summed E-state index contributed by atoms with van der Waals surface area (Å²) < 4.78 is 1.11. The predicted molar refractivity (Wildman–Crippen MR) is 208 cm³/mol. The number of halogens is 1. The first kappa shape index (κ1) is 31.3. The van der Waals surface area contributed by atoms with Gasteiger partial charge in [-0.25, -0.2) is 9.97 Å². The fourth-order valence-electron chi connectivity index (χ4n) is 9.82. The molecule has 2 bridgehead atoms. The second-order valence-corrected chi connectivity index (χ2v) is 15.9. The van der Waals surface area contributed by atoms with Crippen LogP contribution < -0.4 is 0 Å². The third-order valence-electron chi connectivity index (χ3n) is 11.4. The molecule has 3 aromatic heterocycles. The van der Waals surface area contributed by atoms with E-state index in [4.69, 9.17) is 19.9 Å². The van der Waals surface area contributed by atoms with Gasteiger partial charge in [0.2, 0.25) is 0 Å². The minimum absolute atomic E-state index is 0.0459. The van der Waals surface area contributed by atoms with E-state index in [-0.39, 0.29) is 10.8 Å². The number of hydrogen-bond donors (Lipinski definition) is 0. The van der Waals surface area contributed by atoms with Gasteiger partial charge in [-0.05, 0) is 90.2 Å². The van der Waals surface area contributed by atoms with Crippen LogP contribution >= 0.6 is 15.9 Å². The fraction of sp³-hybridized carbons (Fsp3) is 0.244. The molecule has 2 aliphatic carbocycles. The summed E-state index contributed by atoms with van der Waals surface area (Å²) in [6, 6.07) is 40.6. The van der Waals surface area contributed by atoms with Gasteiger partial charge in [0.05, 0.1) is 22.4 Å². The molecule has 0 N–H and O–H groups in total. The molecule has 2 saturated carbocycles. The number of benzene rings is 4. The summed E-state index contributed by atoms with van der Waals surface area (Å²) in [5.41, 5.74) is 9.94. The van der Waals surface area contributed by atoms with Gasteiger partial charge in [0.25, 0.3) is 0 Å². The molecule has 50 heavy (non-hydrogen) atoms. The summed E-state index contributed by atoms with van der Waals surface area (Å²) in [5, 5.41) is 2.34. The van der Waals surface area contributed by atoms with Crippen molar-refractivity contribution in [1.82, 2.24) is 19.9 Å². The largest absolute Gasteiger partial charge is 0.256 e. The van der Waals surface area contributed by atoms with Gasteiger partial charge in [-0.15, -0.1) is 0 Å². The highest BCUT2D eigenvalue weighted by molar-refractivity contribution is 9.10. The summed E-state index contributed by atoms with van der Waals surface area (Å²) >= 11 is 3.82. The molecule has 5 heteroatoms. The number of aromatic nitrogens is 4. The molecule has 2 fully saturated rings. The Balaban J connectivity index is 1.20. The molecular weight excluding hydrogens is 676 g/mol. The van der Waals surface area contributed by atoms with E-state index in [0.29, 0.717) is 11.8 Å². The quantitative estimate of drug-likeness (QED) is 0.178. The lowest BCUT2D eigenvalue weighted by molar-refractivity contribution is 0.0605. The Labute approximate surface area is 302 Å². The van der Waals surface area contributed by atoms with Crippen LogP contribution in [0.3, 0.4) is 0 Å². The highest BCUT2D eigenvalue weighted by Gasteiger charge is 2.52. The Morgan fingerprint density at radius 3 is 2.06 bits per heavy atom. The minimum atomic E-state index is -0.0571. The number of hydrogen-bond acceptors (Lipinski definition) is 4. The van der Waals surface area contributed by atoms with Crippen molar-refractivity contribution in [3.63, 3.8) is 0 Å². The summed E-state index contributed by atoms with van der Waals surface area (Å²) in [5.74, 6) is 2.04. The van der Waals surface area contributed by atoms with E-state index in [1.54, 1.807) is 0 Å². The summed E-state index contributed by atoms with van der Waals surface area (Å²) in [7, 11) is 0. The van der Waals surface area contributed by atoms with Crippen molar-refractivity contribution in [2.45, 2.75) is 56.8 Å². The normalized spacial score (nSPS) is 23.3. The van der Waals surface area contributed by atoms with Gasteiger partial charge in [-0.1, -0.05) is 121 Å². The molecule has 4 aromatic carbocycles. The van der Waals surface area contributed by atoms with Crippen LogP contribution in [0.4, 0.5) is 0 Å². The van der Waals surface area contributed by atoms with Crippen LogP contribution in [0.25, 0.3) is 55.7 Å². The van der Waals surface area contributed by atoms with Gasteiger partial charge in [0.15, 0.2) is 5.82 Å². The molecule has 0 spiro atoms. The van der Waals surface area contributed by atoms with Crippen molar-refractivity contribution >= 4 is 37.7 Å². The molecule has 3 heterocycles. The van der Waals surface area contributed by atoms with Crippen LogP contribution in [0.15, 0.2) is 132 Å². The molecule has 4 unspecified atom stereocenters. The maximum absolute atomic E-state index is 5.20. The van der Waals surface area contributed by atoms with E-state index in [2.05, 4.69) is 121 Å². The van der Waals surface area contributed by atoms with Crippen LogP contribution in [-0.4, -0.2) is 19.9 Å². The van der Waals surface area contributed by atoms with Crippen molar-refractivity contribution in [1.29, 1.82) is 0 Å². The molecule has 246 valence electrons. The maximum atomic E-state index is 5.20. The van der Waals surface area contributed by atoms with E-state index in [1.807, 2.05) is 36.7 Å². The average Bonchev–Trinajstić information content (AvgIpc) is 3.14. The molecule has 4 nitrogen and oxygen atoms in total. The smallest absolute Gasteiger partial charge is 0.160 e. The van der Waals surface area contributed by atoms with Crippen molar-refractivity contribution in [2.75, 3.05) is 0 Å². The lowest BCUT2D eigenvalue weighted by Gasteiger charge is -2.55. The molecule has 4 atom stereocenters. The van der Waals surface area contributed by atoms with Crippen molar-refractivity contribution < 1.29 is 0 Å². The van der Waals surface area contributed by atoms with E-state index in [0.717, 1.165) is 67.6 Å². The SMILES string of the molecule is CC1CC2CC(C)(c3ccc(-c4cc(-c5ccccc5)nc(-c5ccccc5)n4)c4cccnc34)CC(c3ccc(Br)c4cccnc34)(C1)C2. The van der Waals surface area contributed by atoms with Gasteiger partial charge >= 0.3 is 0 Å². The Morgan fingerprint density at radius 2 is 1.30 bits per heavy atom. The third-order valence-corrected chi connectivity index (χ3v) is 12.1. The average molecular weight is 716 g/mol. The molecule has 0 radical (unpaired) electrons. The molecule has 0 saturated heterocycles. The first-order chi connectivity index (χ1) is 24.4. The van der Waals surface area contributed by atoms with Gasteiger partial charge in [0.1, 0.15) is 0 Å². The number of nitrogens with zero attached hydrogens (tertiary/aromatic N) is 4. The first-order valence-corrected chi connectivity index (χ1v) is 18.6. The Bertz CT molecular complexity index is 2310. The molecule has 0 aliphatic heterocycles. The van der Waals surface area contributed by atoms with Crippen LogP contribution in [0.2, 0.25) is 0 Å². The van der Waals surface area contributed by atoms with Gasteiger partial charge in [-0.3, -0.25) is 9.97 Å². The summed E-state index contributed by atoms with van der Waals surface area (Å²) in [6.45, 7) is 4.96. The van der Waals surface area contributed by atoms with Crippen molar-refractivity contribution in [2.24, 2.45) is 11.8 Å². The second kappa shape index (κ2) is 12.2. The summed E-state index contributed by atoms with van der Waals surface area (Å²) in [6.07, 6.45) is 9.82. The molecule has 2 aliphatic rings. The minimum Gasteiger partial charge on any atom is -0.256 e. The van der Waals surface area contributed by atoms with Crippen LogP contribution in [0.5, 0.6) is 0 Å². The lowest BCUT2D eigenvalue weighted by atomic mass is 9.49. The zero-order chi connectivity index (χ0) is 33.9. The standard InChI is InChI=1S/C45H39BrN4/c1-29-23-30-26-44(2,28-45(25-29,27-30)37-19-20-38(46)35-16-10-22-48-42(35)37)36-18-17-33(34-15-9-21-47-41(34)36)40-24-39(31-11-5-3-6-12-31)49-43(50-40)32-13-7-4-8-14-32/h3-22,24,29-30H,23,25-28H2,1-2H3. The van der Waals surface area contributed by atoms with Crippen LogP contribution in [0, 0.1) is 11.8 Å². The number of rotatable bonds is 5. The Morgan fingerprint density at radius 1 is 0.640 bits per heavy atom. The zero-order valence-corrected chi connectivity index (χ0v) is 30.1. The van der Waals surface area contributed by atoms with E-state index in [1.165, 1.54) is 35.8 Å². The molecule has 0 amide bonds. The highest BCUT2D eigenvalue weighted by Crippen LogP contribution is 2.60. The Kier molecular flexibility index (Phi) is 7.65. The highest BCUT2D eigenvalue weighted by atomic mass is 79.9. The second-order valence-electron chi connectivity index (χ2n) is 15.1. The predicted octanol–water partition coefficient (Wildman–Crippen LogP) is 11.8. The lowest BCUT2D eigenvalue weighted by Crippen LogP contribution is -2.48. The Hall–Kier alpha value is -4.74. The number of pyridine rings is 2. The van der Waals surface area contributed by atoms with E-state index in [9.17, 15) is 0 Å². The summed E-state index contributed by atoms with van der Waals surface area (Å²) in [4.78, 5) is 20.4. The zero-order valence-electron chi connectivity index (χ0n) is 28.5. The van der Waals surface area contributed by atoms with Gasteiger partial charge < -0.3 is 0 Å². The van der Waals surface area contributed by atoms with Gasteiger partial charge in [0, 0.05) is 44.3 Å². The molecular formula is C45H39BrN4. The fourth-order valence-corrected chi connectivity index (χ4v) is 10.3. The van der Waals surface area contributed by atoms with E-state index < -0.39 is 0 Å². The number of fused-ring (bicyclic) bond motifs is 4. The van der Waals surface area contributed by atoms with Crippen molar-refractivity contribution in [3.05, 3.63) is 143 Å².